The quantitative estimate of drug-likeness (QED) is 0.756. The van der Waals surface area contributed by atoms with Gasteiger partial charge in [0.05, 0.1) is 19.4 Å². The first-order valence-corrected chi connectivity index (χ1v) is 4.52. The van der Waals surface area contributed by atoms with Crippen molar-refractivity contribution in [2.45, 2.75) is 6.42 Å². The van der Waals surface area contributed by atoms with Gasteiger partial charge in [0.1, 0.15) is 0 Å². The minimum Gasteiger partial charge on any atom is -0.481 e. The Labute approximate surface area is 82.4 Å². The third-order valence-electron chi connectivity index (χ3n) is 2.08. The van der Waals surface area contributed by atoms with Crippen molar-refractivity contribution < 1.29 is 9.57 Å². The molecule has 0 aliphatic carbocycles. The summed E-state index contributed by atoms with van der Waals surface area (Å²) in [6.45, 7) is 1.54. The van der Waals surface area contributed by atoms with Crippen LogP contribution in [0.5, 0.6) is 5.88 Å². The van der Waals surface area contributed by atoms with Crippen molar-refractivity contribution in [1.82, 2.24) is 4.98 Å². The lowest BCUT2D eigenvalue weighted by atomic mass is 10.3. The van der Waals surface area contributed by atoms with Crippen LogP contribution >= 0.6 is 0 Å². The molecule has 0 radical (unpaired) electrons. The number of hydrogen-bond donors (Lipinski definition) is 1. The molecule has 0 aromatic carbocycles. The number of anilines is 2. The Kier molecular flexibility index (Phi) is 2.41. The van der Waals surface area contributed by atoms with E-state index >= 15 is 0 Å². The number of nitrogens with zero attached hydrogens (tertiary/aromatic N) is 2. The minimum atomic E-state index is 0.546. The normalized spacial score (nSPS) is 15.9. The molecule has 1 fully saturated rings. The van der Waals surface area contributed by atoms with Crippen molar-refractivity contribution in [3.8, 4) is 5.88 Å². The van der Waals surface area contributed by atoms with E-state index in [-0.39, 0.29) is 0 Å². The summed E-state index contributed by atoms with van der Waals surface area (Å²) in [7, 11) is 1.58. The fraction of sp³-hybridized carbons (Fsp3) is 0.444. The Morgan fingerprint density at radius 2 is 2.43 bits per heavy atom. The van der Waals surface area contributed by atoms with Gasteiger partial charge in [-0.1, -0.05) is 0 Å². The highest BCUT2D eigenvalue weighted by molar-refractivity contribution is 5.62. The number of nitrogens with two attached hydrogens (primary N) is 1. The maximum Gasteiger partial charge on any atom is 0.215 e. The Balaban J connectivity index is 2.29. The highest BCUT2D eigenvalue weighted by Gasteiger charge is 2.17. The lowest BCUT2D eigenvalue weighted by Gasteiger charge is -2.17. The molecule has 14 heavy (non-hydrogen) atoms. The average Bonchev–Trinajstić information content (AvgIpc) is 2.71. The Morgan fingerprint density at radius 3 is 3.07 bits per heavy atom. The molecule has 76 valence electrons. The summed E-state index contributed by atoms with van der Waals surface area (Å²) in [5, 5.41) is 1.71. The third kappa shape index (κ3) is 1.58. The summed E-state index contributed by atoms with van der Waals surface area (Å²) in [6, 6.07) is 3.50. The van der Waals surface area contributed by atoms with Gasteiger partial charge in [-0.2, -0.15) is 4.98 Å². The number of rotatable bonds is 2. The van der Waals surface area contributed by atoms with Gasteiger partial charge in [0.2, 0.25) is 5.88 Å². The molecule has 0 bridgehead atoms. The summed E-state index contributed by atoms with van der Waals surface area (Å²) in [5.74, 6) is 1.19. The predicted molar refractivity (Wildman–Crippen MR) is 53.1 cm³/mol. The number of ether oxygens (including phenoxy) is 1. The molecule has 0 atom stereocenters. The highest BCUT2D eigenvalue weighted by Crippen LogP contribution is 2.25. The van der Waals surface area contributed by atoms with Crippen molar-refractivity contribution in [1.29, 1.82) is 0 Å². The molecule has 1 aliphatic heterocycles. The number of methoxy groups -OCH3 is 1. The molecule has 2 rings (SSSR count). The standard InChI is InChI=1S/C9H13N3O2/c1-13-8-4-3-7(10)9(11-8)12-5-2-6-14-12/h3-4H,2,5-6,10H2,1H3. The van der Waals surface area contributed by atoms with E-state index in [9.17, 15) is 0 Å². The van der Waals surface area contributed by atoms with Gasteiger partial charge in [-0.15, -0.1) is 0 Å². The summed E-state index contributed by atoms with van der Waals surface area (Å²) in [4.78, 5) is 9.58. The fourth-order valence-corrected chi connectivity index (χ4v) is 1.37. The Bertz CT molecular complexity index is 324. The first-order chi connectivity index (χ1) is 6.81. The lowest BCUT2D eigenvalue weighted by molar-refractivity contribution is 0.166. The number of nitrogen functional groups attached to an aromatic ring is 1. The van der Waals surface area contributed by atoms with E-state index in [4.69, 9.17) is 15.3 Å². The number of hydrogen-bond acceptors (Lipinski definition) is 5. The molecule has 1 aromatic heterocycles. The van der Waals surface area contributed by atoms with Crippen molar-refractivity contribution in [2.24, 2.45) is 0 Å². The van der Waals surface area contributed by atoms with Crippen LogP contribution < -0.4 is 15.5 Å². The number of hydroxylamine groups is 1. The second-order valence-electron chi connectivity index (χ2n) is 3.06. The van der Waals surface area contributed by atoms with Crippen LogP contribution in [0.25, 0.3) is 0 Å². The van der Waals surface area contributed by atoms with Crippen molar-refractivity contribution in [3.63, 3.8) is 0 Å². The van der Waals surface area contributed by atoms with Gasteiger partial charge in [0.15, 0.2) is 5.82 Å². The van der Waals surface area contributed by atoms with Gasteiger partial charge >= 0.3 is 0 Å². The van der Waals surface area contributed by atoms with E-state index in [1.165, 1.54) is 0 Å². The van der Waals surface area contributed by atoms with Crippen LogP contribution in [0.2, 0.25) is 0 Å². The maximum absolute atomic E-state index is 5.78. The molecule has 1 aromatic rings. The molecule has 1 saturated heterocycles. The minimum absolute atomic E-state index is 0.546. The molecule has 2 N–H and O–H groups in total. The van der Waals surface area contributed by atoms with E-state index < -0.39 is 0 Å². The largest absolute Gasteiger partial charge is 0.481 e. The molecular weight excluding hydrogens is 182 g/mol. The predicted octanol–water partition coefficient (Wildman–Crippen LogP) is 0.814. The van der Waals surface area contributed by atoms with E-state index in [0.717, 1.165) is 19.6 Å². The number of aromatic nitrogens is 1. The molecule has 2 heterocycles. The van der Waals surface area contributed by atoms with E-state index in [0.29, 0.717) is 17.4 Å². The van der Waals surface area contributed by atoms with Crippen LogP contribution in [0.3, 0.4) is 0 Å². The lowest BCUT2D eigenvalue weighted by Crippen LogP contribution is -2.19. The molecular formula is C9H13N3O2. The summed E-state index contributed by atoms with van der Waals surface area (Å²) in [6.07, 6.45) is 0.998. The van der Waals surface area contributed by atoms with Gasteiger partial charge < -0.3 is 10.5 Å². The van der Waals surface area contributed by atoms with Crippen LogP contribution in [-0.4, -0.2) is 25.2 Å². The third-order valence-corrected chi connectivity index (χ3v) is 2.08. The van der Waals surface area contributed by atoms with E-state index in [1.807, 2.05) is 0 Å². The Morgan fingerprint density at radius 1 is 1.57 bits per heavy atom. The van der Waals surface area contributed by atoms with Crippen molar-refractivity contribution in [2.75, 3.05) is 31.1 Å². The number of pyridine rings is 1. The monoisotopic (exact) mass is 195 g/mol. The first kappa shape index (κ1) is 9.08. The summed E-state index contributed by atoms with van der Waals surface area (Å²) in [5.41, 5.74) is 6.39. The zero-order valence-electron chi connectivity index (χ0n) is 8.06. The average molecular weight is 195 g/mol. The van der Waals surface area contributed by atoms with Crippen molar-refractivity contribution >= 4 is 11.5 Å². The zero-order chi connectivity index (χ0) is 9.97. The first-order valence-electron chi connectivity index (χ1n) is 4.52. The SMILES string of the molecule is COc1ccc(N)c(N2CCCO2)n1. The van der Waals surface area contributed by atoms with Crippen LogP contribution in [0.15, 0.2) is 12.1 Å². The van der Waals surface area contributed by atoms with E-state index in [1.54, 1.807) is 24.3 Å². The highest BCUT2D eigenvalue weighted by atomic mass is 16.7. The van der Waals surface area contributed by atoms with Crippen LogP contribution in [-0.2, 0) is 4.84 Å². The smallest absolute Gasteiger partial charge is 0.215 e. The second kappa shape index (κ2) is 3.71. The van der Waals surface area contributed by atoms with E-state index in [2.05, 4.69) is 4.98 Å². The van der Waals surface area contributed by atoms with Crippen LogP contribution in [0, 0.1) is 0 Å². The molecule has 0 saturated carbocycles. The van der Waals surface area contributed by atoms with Gasteiger partial charge in [-0.3, -0.25) is 4.84 Å². The van der Waals surface area contributed by atoms with Gasteiger partial charge in [-0.25, -0.2) is 5.06 Å². The summed E-state index contributed by atoms with van der Waals surface area (Å²) < 4.78 is 5.02. The maximum atomic E-state index is 5.78. The molecule has 5 heteroatoms. The summed E-state index contributed by atoms with van der Waals surface area (Å²) >= 11 is 0. The van der Waals surface area contributed by atoms with Crippen LogP contribution in [0.1, 0.15) is 6.42 Å². The van der Waals surface area contributed by atoms with Gasteiger partial charge in [0, 0.05) is 12.6 Å². The molecule has 0 spiro atoms. The van der Waals surface area contributed by atoms with Gasteiger partial charge in [0.25, 0.3) is 0 Å². The zero-order valence-corrected chi connectivity index (χ0v) is 8.06. The molecule has 5 nitrogen and oxygen atoms in total. The molecule has 0 unspecified atom stereocenters. The molecule has 0 amide bonds. The Hall–Kier alpha value is -1.49. The second-order valence-corrected chi connectivity index (χ2v) is 3.06. The van der Waals surface area contributed by atoms with Crippen LogP contribution in [0.4, 0.5) is 11.5 Å². The van der Waals surface area contributed by atoms with Gasteiger partial charge in [-0.05, 0) is 12.5 Å². The fourth-order valence-electron chi connectivity index (χ4n) is 1.37. The molecule has 1 aliphatic rings. The topological polar surface area (TPSA) is 60.6 Å². The van der Waals surface area contributed by atoms with Crippen molar-refractivity contribution in [3.05, 3.63) is 12.1 Å².